The number of hydrogen-bond donors (Lipinski definition) is 2. The molecule has 19 heavy (non-hydrogen) atoms. The number of allylic oxidation sites excluding steroid dienone is 1. The van der Waals surface area contributed by atoms with Gasteiger partial charge in [0.15, 0.2) is 5.96 Å². The highest BCUT2D eigenvalue weighted by Gasteiger charge is 2.06. The predicted octanol–water partition coefficient (Wildman–Crippen LogP) is 3.50. The molecular weight excluding hydrogens is 349 g/mol. The highest BCUT2D eigenvalue weighted by atomic mass is 127. The van der Waals surface area contributed by atoms with Gasteiger partial charge in [0.25, 0.3) is 0 Å². The zero-order valence-corrected chi connectivity index (χ0v) is 14.2. The Bertz CT molecular complexity index is 388. The summed E-state index contributed by atoms with van der Waals surface area (Å²) in [4.78, 5) is 4.22. The van der Waals surface area contributed by atoms with Gasteiger partial charge >= 0.3 is 0 Å². The second-order valence-corrected chi connectivity index (χ2v) is 4.13. The van der Waals surface area contributed by atoms with E-state index in [-0.39, 0.29) is 30.0 Å². The zero-order chi connectivity index (χ0) is 13.2. The molecule has 0 amide bonds. The summed E-state index contributed by atoms with van der Waals surface area (Å²) in [6.07, 6.45) is 5.21. The van der Waals surface area contributed by atoms with Crippen molar-refractivity contribution in [3.05, 3.63) is 48.0 Å². The molecule has 106 valence electrons. The second kappa shape index (κ2) is 10.8. The van der Waals surface area contributed by atoms with Crippen molar-refractivity contribution < 1.29 is 0 Å². The molecule has 3 nitrogen and oxygen atoms in total. The van der Waals surface area contributed by atoms with Crippen molar-refractivity contribution in [2.75, 3.05) is 13.6 Å². The van der Waals surface area contributed by atoms with Crippen molar-refractivity contribution in [3.63, 3.8) is 0 Å². The molecule has 4 heteroatoms. The summed E-state index contributed by atoms with van der Waals surface area (Å²) in [6, 6.07) is 10.6. The SMILES string of the molecule is CC=CCCNC(=NC)NC(C)c1ccccc1.I. The Labute approximate surface area is 133 Å². The maximum absolute atomic E-state index is 4.22. The topological polar surface area (TPSA) is 36.4 Å². The highest BCUT2D eigenvalue weighted by Crippen LogP contribution is 2.10. The van der Waals surface area contributed by atoms with Gasteiger partial charge in [0, 0.05) is 13.6 Å². The molecule has 0 fully saturated rings. The Morgan fingerprint density at radius 3 is 2.58 bits per heavy atom. The monoisotopic (exact) mass is 373 g/mol. The quantitative estimate of drug-likeness (QED) is 0.273. The van der Waals surface area contributed by atoms with Gasteiger partial charge < -0.3 is 10.6 Å². The molecule has 1 atom stereocenters. The maximum atomic E-state index is 4.22. The van der Waals surface area contributed by atoms with Gasteiger partial charge in [-0.3, -0.25) is 4.99 Å². The van der Waals surface area contributed by atoms with E-state index in [2.05, 4.69) is 59.0 Å². The van der Waals surface area contributed by atoms with Crippen LogP contribution in [0.15, 0.2) is 47.5 Å². The van der Waals surface area contributed by atoms with Gasteiger partial charge in [0.05, 0.1) is 6.04 Å². The molecule has 1 aromatic rings. The van der Waals surface area contributed by atoms with Crippen LogP contribution in [0.25, 0.3) is 0 Å². The standard InChI is InChI=1S/C15H23N3.HI/c1-4-5-9-12-17-15(16-3)18-13(2)14-10-7-6-8-11-14;/h4-8,10-11,13H,9,12H2,1-3H3,(H2,16,17,18);1H. The van der Waals surface area contributed by atoms with Crippen LogP contribution in [0, 0.1) is 0 Å². The molecule has 0 aromatic heterocycles. The van der Waals surface area contributed by atoms with Gasteiger partial charge in [-0.2, -0.15) is 0 Å². The van der Waals surface area contributed by atoms with Crippen LogP contribution in [0.2, 0.25) is 0 Å². The molecule has 0 radical (unpaired) electrons. The third-order valence-electron chi connectivity index (χ3n) is 2.72. The predicted molar refractivity (Wildman–Crippen MR) is 94.2 cm³/mol. The van der Waals surface area contributed by atoms with Gasteiger partial charge in [0.2, 0.25) is 0 Å². The minimum Gasteiger partial charge on any atom is -0.356 e. The van der Waals surface area contributed by atoms with Gasteiger partial charge in [-0.05, 0) is 25.8 Å². The van der Waals surface area contributed by atoms with Gasteiger partial charge in [-0.15, -0.1) is 24.0 Å². The molecule has 0 saturated heterocycles. The third kappa shape index (κ3) is 7.20. The van der Waals surface area contributed by atoms with E-state index in [1.54, 1.807) is 7.05 Å². The molecule has 2 N–H and O–H groups in total. The lowest BCUT2D eigenvalue weighted by molar-refractivity contribution is 0.686. The summed E-state index contributed by atoms with van der Waals surface area (Å²) < 4.78 is 0. The summed E-state index contributed by atoms with van der Waals surface area (Å²) >= 11 is 0. The minimum absolute atomic E-state index is 0. The number of nitrogens with zero attached hydrogens (tertiary/aromatic N) is 1. The molecule has 0 saturated carbocycles. The van der Waals surface area contributed by atoms with E-state index in [1.165, 1.54) is 5.56 Å². The molecule has 1 aromatic carbocycles. The highest BCUT2D eigenvalue weighted by molar-refractivity contribution is 14.0. The number of aliphatic imine (C=N–C) groups is 1. The van der Waals surface area contributed by atoms with Crippen molar-refractivity contribution in [1.82, 2.24) is 10.6 Å². The van der Waals surface area contributed by atoms with Crippen LogP contribution in [0.4, 0.5) is 0 Å². The van der Waals surface area contributed by atoms with Crippen molar-refractivity contribution in [3.8, 4) is 0 Å². The van der Waals surface area contributed by atoms with E-state index >= 15 is 0 Å². The van der Waals surface area contributed by atoms with E-state index < -0.39 is 0 Å². The van der Waals surface area contributed by atoms with Gasteiger partial charge in [0.1, 0.15) is 0 Å². The van der Waals surface area contributed by atoms with Crippen molar-refractivity contribution >= 4 is 29.9 Å². The molecule has 1 rings (SSSR count). The van der Waals surface area contributed by atoms with Crippen LogP contribution in [-0.4, -0.2) is 19.6 Å². The maximum Gasteiger partial charge on any atom is 0.191 e. The van der Waals surface area contributed by atoms with Crippen molar-refractivity contribution in [2.24, 2.45) is 4.99 Å². The molecule has 1 unspecified atom stereocenters. The fourth-order valence-electron chi connectivity index (χ4n) is 1.67. The van der Waals surface area contributed by atoms with Crippen LogP contribution >= 0.6 is 24.0 Å². The van der Waals surface area contributed by atoms with Crippen molar-refractivity contribution in [2.45, 2.75) is 26.3 Å². The second-order valence-electron chi connectivity index (χ2n) is 4.13. The first-order valence-electron chi connectivity index (χ1n) is 6.41. The molecule has 0 spiro atoms. The van der Waals surface area contributed by atoms with E-state index in [4.69, 9.17) is 0 Å². The Balaban J connectivity index is 0.00000324. The number of nitrogens with one attached hydrogen (secondary N) is 2. The van der Waals surface area contributed by atoms with Crippen LogP contribution in [-0.2, 0) is 0 Å². The molecule has 0 aliphatic rings. The summed E-state index contributed by atoms with van der Waals surface area (Å²) in [5, 5.41) is 6.67. The first kappa shape index (κ1) is 18.0. The fraction of sp³-hybridized carbons (Fsp3) is 0.400. The minimum atomic E-state index is 0. The number of halogens is 1. The smallest absolute Gasteiger partial charge is 0.191 e. The average Bonchev–Trinajstić information content (AvgIpc) is 2.43. The molecule has 0 bridgehead atoms. The third-order valence-corrected chi connectivity index (χ3v) is 2.72. The van der Waals surface area contributed by atoms with Crippen LogP contribution < -0.4 is 10.6 Å². The van der Waals surface area contributed by atoms with E-state index in [9.17, 15) is 0 Å². The number of guanidine groups is 1. The van der Waals surface area contributed by atoms with Crippen LogP contribution in [0.5, 0.6) is 0 Å². The summed E-state index contributed by atoms with van der Waals surface area (Å²) in [5.74, 6) is 0.843. The molecular formula is C15H24IN3. The average molecular weight is 373 g/mol. The fourth-order valence-corrected chi connectivity index (χ4v) is 1.67. The zero-order valence-electron chi connectivity index (χ0n) is 11.9. The largest absolute Gasteiger partial charge is 0.356 e. The summed E-state index contributed by atoms with van der Waals surface area (Å²) in [5.41, 5.74) is 1.26. The number of hydrogen-bond acceptors (Lipinski definition) is 1. The normalized spacial score (nSPS) is 12.9. The lowest BCUT2D eigenvalue weighted by Gasteiger charge is -2.18. The lowest BCUT2D eigenvalue weighted by Crippen LogP contribution is -2.39. The van der Waals surface area contributed by atoms with E-state index in [0.29, 0.717) is 0 Å². The number of benzene rings is 1. The first-order chi connectivity index (χ1) is 8.77. The van der Waals surface area contributed by atoms with Gasteiger partial charge in [-0.25, -0.2) is 0 Å². The van der Waals surface area contributed by atoms with Crippen LogP contribution in [0.3, 0.4) is 0 Å². The van der Waals surface area contributed by atoms with E-state index in [0.717, 1.165) is 18.9 Å². The Morgan fingerprint density at radius 2 is 2.00 bits per heavy atom. The van der Waals surface area contributed by atoms with Crippen molar-refractivity contribution in [1.29, 1.82) is 0 Å². The first-order valence-corrected chi connectivity index (χ1v) is 6.41. The Hall–Kier alpha value is -1.04. The van der Waals surface area contributed by atoms with Gasteiger partial charge in [-0.1, -0.05) is 42.5 Å². The Kier molecular flexibility index (Phi) is 10.2. The number of rotatable bonds is 5. The summed E-state index contributed by atoms with van der Waals surface area (Å²) in [7, 11) is 1.79. The lowest BCUT2D eigenvalue weighted by atomic mass is 10.1. The van der Waals surface area contributed by atoms with E-state index in [1.807, 2.05) is 13.0 Å². The Morgan fingerprint density at radius 1 is 1.32 bits per heavy atom. The summed E-state index contributed by atoms with van der Waals surface area (Å²) in [6.45, 7) is 5.06. The molecule has 0 aliphatic heterocycles. The van der Waals surface area contributed by atoms with Crippen LogP contribution in [0.1, 0.15) is 31.9 Å². The molecule has 0 aliphatic carbocycles. The molecule has 0 heterocycles.